The Labute approximate surface area is 162 Å². The van der Waals surface area contributed by atoms with Crippen molar-refractivity contribution in [2.45, 2.75) is 46.6 Å². The zero-order chi connectivity index (χ0) is 19.7. The number of hydrogen-bond donors (Lipinski definition) is 1. The van der Waals surface area contributed by atoms with Crippen LogP contribution in [0.15, 0.2) is 11.6 Å². The van der Waals surface area contributed by atoms with Gasteiger partial charge in [-0.25, -0.2) is 14.8 Å². The Morgan fingerprint density at radius 2 is 2.11 bits per heavy atom. The Hall–Kier alpha value is -2.48. The molecule has 3 aromatic heterocycles. The zero-order valence-electron chi connectivity index (χ0n) is 16.5. The van der Waals surface area contributed by atoms with Crippen LogP contribution in [0.25, 0.3) is 11.0 Å². The van der Waals surface area contributed by atoms with Crippen LogP contribution in [0, 0.1) is 6.92 Å². The second kappa shape index (κ2) is 7.64. The van der Waals surface area contributed by atoms with Gasteiger partial charge in [-0.3, -0.25) is 4.68 Å². The lowest BCUT2D eigenvalue weighted by Gasteiger charge is -2.17. The quantitative estimate of drug-likeness (QED) is 0.638. The number of anilines is 1. The minimum atomic E-state index is -0.397. The zero-order valence-corrected chi connectivity index (χ0v) is 17.3. The standard InChI is InChI=1S/C19H25N5O2S/c1-7-26-19(25)13-8-20-17-15(12(5)23-24(17)6)16(13)21-11(4)14-9-27-18(22-14)10(2)3/h8-11H,7H2,1-6H3,(H,20,21). The monoisotopic (exact) mass is 387 g/mol. The number of nitrogens with zero attached hydrogens (tertiary/aromatic N) is 4. The molecule has 1 N–H and O–H groups in total. The summed E-state index contributed by atoms with van der Waals surface area (Å²) in [6, 6.07) is -0.0767. The largest absolute Gasteiger partial charge is 0.462 e. The molecule has 0 saturated carbocycles. The molecule has 1 unspecified atom stereocenters. The van der Waals surface area contributed by atoms with Crippen molar-refractivity contribution in [1.29, 1.82) is 0 Å². The van der Waals surface area contributed by atoms with E-state index >= 15 is 0 Å². The summed E-state index contributed by atoms with van der Waals surface area (Å²) in [6.07, 6.45) is 1.55. The topological polar surface area (TPSA) is 81.9 Å². The summed E-state index contributed by atoms with van der Waals surface area (Å²) in [6.45, 7) is 10.3. The van der Waals surface area contributed by atoms with E-state index in [1.165, 1.54) is 0 Å². The normalized spacial score (nSPS) is 12.6. The van der Waals surface area contributed by atoms with Gasteiger partial charge in [-0.05, 0) is 20.8 Å². The smallest absolute Gasteiger partial charge is 0.341 e. The molecule has 0 bridgehead atoms. The maximum absolute atomic E-state index is 12.5. The molecule has 0 aromatic carbocycles. The number of ether oxygens (including phenoxy) is 1. The van der Waals surface area contributed by atoms with Crippen LogP contribution in [-0.4, -0.2) is 32.3 Å². The van der Waals surface area contributed by atoms with Crippen LogP contribution in [0.3, 0.4) is 0 Å². The predicted octanol–water partition coefficient (Wildman–Crippen LogP) is 4.21. The van der Waals surface area contributed by atoms with Crippen molar-refractivity contribution in [3.63, 3.8) is 0 Å². The van der Waals surface area contributed by atoms with E-state index in [-0.39, 0.29) is 6.04 Å². The number of carbonyl (C=O) groups excluding carboxylic acids is 1. The fraction of sp³-hybridized carbons (Fsp3) is 0.474. The Morgan fingerprint density at radius 1 is 1.37 bits per heavy atom. The van der Waals surface area contributed by atoms with Gasteiger partial charge in [-0.2, -0.15) is 5.10 Å². The third kappa shape index (κ3) is 3.66. The number of pyridine rings is 1. The van der Waals surface area contributed by atoms with Crippen molar-refractivity contribution in [2.24, 2.45) is 7.05 Å². The first-order valence-electron chi connectivity index (χ1n) is 9.04. The molecule has 0 aliphatic carbocycles. The Balaban J connectivity index is 2.06. The molecule has 0 amide bonds. The van der Waals surface area contributed by atoms with Crippen LogP contribution in [0.1, 0.15) is 66.4 Å². The number of rotatable bonds is 6. The van der Waals surface area contributed by atoms with Crippen molar-refractivity contribution < 1.29 is 9.53 Å². The Bertz CT molecular complexity index is 976. The van der Waals surface area contributed by atoms with Crippen LogP contribution in [0.2, 0.25) is 0 Å². The molecule has 8 heteroatoms. The van der Waals surface area contributed by atoms with Crippen molar-refractivity contribution in [2.75, 3.05) is 11.9 Å². The lowest BCUT2D eigenvalue weighted by Crippen LogP contribution is -2.14. The summed E-state index contributed by atoms with van der Waals surface area (Å²) in [7, 11) is 1.84. The minimum absolute atomic E-state index is 0.0767. The van der Waals surface area contributed by atoms with Gasteiger partial charge >= 0.3 is 5.97 Å². The van der Waals surface area contributed by atoms with Gasteiger partial charge in [0.1, 0.15) is 5.56 Å². The van der Waals surface area contributed by atoms with E-state index in [1.54, 1.807) is 29.1 Å². The minimum Gasteiger partial charge on any atom is -0.462 e. The predicted molar refractivity (Wildman–Crippen MR) is 107 cm³/mol. The molecule has 3 aromatic rings. The van der Waals surface area contributed by atoms with Gasteiger partial charge in [-0.15, -0.1) is 11.3 Å². The number of aromatic nitrogens is 4. The fourth-order valence-electron chi connectivity index (χ4n) is 2.98. The SMILES string of the molecule is CCOC(=O)c1cnc2c(c(C)nn2C)c1NC(C)c1csc(C(C)C)n1. The average molecular weight is 388 g/mol. The van der Waals surface area contributed by atoms with Crippen LogP contribution >= 0.6 is 11.3 Å². The van der Waals surface area contributed by atoms with E-state index in [1.807, 2.05) is 20.9 Å². The molecule has 27 heavy (non-hydrogen) atoms. The molecule has 3 rings (SSSR count). The highest BCUT2D eigenvalue weighted by molar-refractivity contribution is 7.09. The van der Waals surface area contributed by atoms with Crippen LogP contribution < -0.4 is 5.32 Å². The average Bonchev–Trinajstić information content (AvgIpc) is 3.21. The van der Waals surface area contributed by atoms with E-state index in [2.05, 4.69) is 34.6 Å². The van der Waals surface area contributed by atoms with E-state index in [0.29, 0.717) is 23.8 Å². The van der Waals surface area contributed by atoms with Crippen molar-refractivity contribution in [3.8, 4) is 0 Å². The van der Waals surface area contributed by atoms with E-state index in [0.717, 1.165) is 27.4 Å². The number of nitrogens with one attached hydrogen (secondary N) is 1. The number of esters is 1. The lowest BCUT2D eigenvalue weighted by atomic mass is 10.1. The van der Waals surface area contributed by atoms with Gasteiger partial charge in [0.2, 0.25) is 0 Å². The highest BCUT2D eigenvalue weighted by atomic mass is 32.1. The third-order valence-corrected chi connectivity index (χ3v) is 5.52. The second-order valence-electron chi connectivity index (χ2n) is 6.81. The first-order valence-corrected chi connectivity index (χ1v) is 9.92. The van der Waals surface area contributed by atoms with Gasteiger partial charge < -0.3 is 10.1 Å². The van der Waals surface area contributed by atoms with Gasteiger partial charge in [0, 0.05) is 24.5 Å². The Morgan fingerprint density at radius 3 is 2.74 bits per heavy atom. The van der Waals surface area contributed by atoms with E-state index in [9.17, 15) is 4.79 Å². The Kier molecular flexibility index (Phi) is 5.46. The van der Waals surface area contributed by atoms with Gasteiger partial charge in [0.05, 0.1) is 40.1 Å². The number of fused-ring (bicyclic) bond motifs is 1. The summed E-state index contributed by atoms with van der Waals surface area (Å²) < 4.78 is 6.94. The molecule has 0 aliphatic rings. The molecular formula is C19H25N5O2S. The highest BCUT2D eigenvalue weighted by Crippen LogP contribution is 2.33. The number of aryl methyl sites for hydroxylation is 2. The maximum atomic E-state index is 12.5. The maximum Gasteiger partial charge on any atom is 0.341 e. The molecule has 144 valence electrons. The molecule has 7 nitrogen and oxygen atoms in total. The molecule has 0 fully saturated rings. The van der Waals surface area contributed by atoms with Crippen LogP contribution in [0.5, 0.6) is 0 Å². The van der Waals surface area contributed by atoms with Crippen molar-refractivity contribution >= 4 is 34.0 Å². The first kappa shape index (κ1) is 19.3. The lowest BCUT2D eigenvalue weighted by molar-refractivity contribution is 0.0527. The van der Waals surface area contributed by atoms with E-state index in [4.69, 9.17) is 9.72 Å². The summed E-state index contributed by atoms with van der Waals surface area (Å²) >= 11 is 1.65. The van der Waals surface area contributed by atoms with Crippen molar-refractivity contribution in [3.05, 3.63) is 33.5 Å². The van der Waals surface area contributed by atoms with Gasteiger partial charge in [0.15, 0.2) is 5.65 Å². The second-order valence-corrected chi connectivity index (χ2v) is 7.70. The molecule has 0 aliphatic heterocycles. The van der Waals surface area contributed by atoms with Crippen LogP contribution in [-0.2, 0) is 11.8 Å². The molecule has 1 atom stereocenters. The molecule has 0 radical (unpaired) electrons. The summed E-state index contributed by atoms with van der Waals surface area (Å²) in [4.78, 5) is 21.6. The summed E-state index contributed by atoms with van der Waals surface area (Å²) in [5.74, 6) is -0.00903. The number of hydrogen-bond acceptors (Lipinski definition) is 7. The fourth-order valence-corrected chi connectivity index (χ4v) is 3.91. The molecule has 3 heterocycles. The highest BCUT2D eigenvalue weighted by Gasteiger charge is 2.23. The number of carbonyl (C=O) groups is 1. The van der Waals surface area contributed by atoms with Gasteiger partial charge in [-0.1, -0.05) is 13.8 Å². The summed E-state index contributed by atoms with van der Waals surface area (Å²) in [5, 5.41) is 11.9. The van der Waals surface area contributed by atoms with Gasteiger partial charge in [0.25, 0.3) is 0 Å². The number of thiazole rings is 1. The molecule has 0 spiro atoms. The van der Waals surface area contributed by atoms with Crippen LogP contribution in [0.4, 0.5) is 5.69 Å². The van der Waals surface area contributed by atoms with E-state index < -0.39 is 5.97 Å². The molecule has 0 saturated heterocycles. The first-order chi connectivity index (χ1) is 12.8. The third-order valence-electron chi connectivity index (χ3n) is 4.36. The summed E-state index contributed by atoms with van der Waals surface area (Å²) in [5.41, 5.74) is 3.57. The molecular weight excluding hydrogens is 362 g/mol. The van der Waals surface area contributed by atoms with Crippen molar-refractivity contribution in [1.82, 2.24) is 19.7 Å².